The van der Waals surface area contributed by atoms with Gasteiger partial charge >= 0.3 is 0 Å². The molecule has 0 radical (unpaired) electrons. The molecule has 1 saturated heterocycles. The van der Waals surface area contributed by atoms with Crippen LogP contribution in [0.15, 0.2) is 17.0 Å². The van der Waals surface area contributed by atoms with E-state index in [4.69, 9.17) is 28.9 Å². The molecule has 0 aromatic heterocycles. The second-order valence-corrected chi connectivity index (χ2v) is 6.97. The number of hydrogen-bond acceptors (Lipinski definition) is 3. The van der Waals surface area contributed by atoms with Crippen molar-refractivity contribution in [3.05, 3.63) is 28.0 Å². The van der Waals surface area contributed by atoms with E-state index in [0.29, 0.717) is 13.0 Å². The average molecular weight is 327 g/mol. The van der Waals surface area contributed by atoms with Gasteiger partial charge in [-0.1, -0.05) is 23.2 Å². The SMILES string of the molecule is NCC1CCCN1S(=O)(=O)c1ccc(Cl)c(F)c1Cl. The second-order valence-electron chi connectivity index (χ2n) is 4.32. The van der Waals surface area contributed by atoms with E-state index < -0.39 is 20.9 Å². The van der Waals surface area contributed by atoms with Gasteiger partial charge in [-0.3, -0.25) is 0 Å². The lowest BCUT2D eigenvalue weighted by Gasteiger charge is -2.23. The summed E-state index contributed by atoms with van der Waals surface area (Å²) in [5.41, 5.74) is 5.56. The molecule has 1 aliphatic rings. The molecule has 0 saturated carbocycles. The molecular weight excluding hydrogens is 314 g/mol. The highest BCUT2D eigenvalue weighted by molar-refractivity contribution is 7.89. The molecule has 0 bridgehead atoms. The molecule has 1 unspecified atom stereocenters. The largest absolute Gasteiger partial charge is 0.329 e. The van der Waals surface area contributed by atoms with Gasteiger partial charge in [-0.15, -0.1) is 0 Å². The summed E-state index contributed by atoms with van der Waals surface area (Å²) in [5, 5.41) is -0.684. The van der Waals surface area contributed by atoms with Gasteiger partial charge in [0.15, 0.2) is 5.82 Å². The molecule has 0 spiro atoms. The van der Waals surface area contributed by atoms with Gasteiger partial charge in [-0.2, -0.15) is 4.31 Å². The highest BCUT2D eigenvalue weighted by atomic mass is 35.5. The van der Waals surface area contributed by atoms with Crippen molar-refractivity contribution in [1.29, 1.82) is 0 Å². The van der Waals surface area contributed by atoms with Gasteiger partial charge in [0.05, 0.1) is 10.0 Å². The quantitative estimate of drug-likeness (QED) is 0.866. The van der Waals surface area contributed by atoms with Crippen molar-refractivity contribution >= 4 is 33.2 Å². The maximum Gasteiger partial charge on any atom is 0.244 e. The zero-order valence-corrected chi connectivity index (χ0v) is 12.3. The van der Waals surface area contributed by atoms with E-state index in [9.17, 15) is 12.8 Å². The molecule has 1 fully saturated rings. The van der Waals surface area contributed by atoms with Gasteiger partial charge in [-0.05, 0) is 25.0 Å². The predicted molar refractivity (Wildman–Crippen MR) is 72.4 cm³/mol. The van der Waals surface area contributed by atoms with Crippen LogP contribution in [0.1, 0.15) is 12.8 Å². The fraction of sp³-hybridized carbons (Fsp3) is 0.455. The van der Waals surface area contributed by atoms with Crippen LogP contribution in [-0.2, 0) is 10.0 Å². The molecule has 0 amide bonds. The first kappa shape index (κ1) is 15.0. The number of benzene rings is 1. The molecule has 2 N–H and O–H groups in total. The molecule has 4 nitrogen and oxygen atoms in total. The fourth-order valence-electron chi connectivity index (χ4n) is 2.19. The molecule has 19 heavy (non-hydrogen) atoms. The number of hydrogen-bond donors (Lipinski definition) is 1. The third kappa shape index (κ3) is 2.60. The Morgan fingerprint density at radius 1 is 1.42 bits per heavy atom. The maximum absolute atomic E-state index is 13.6. The first-order valence-corrected chi connectivity index (χ1v) is 7.94. The van der Waals surface area contributed by atoms with Crippen molar-refractivity contribution < 1.29 is 12.8 Å². The standard InChI is InChI=1S/C11H13Cl2FN2O2S/c12-8-3-4-9(10(13)11(8)14)19(17,18)16-5-1-2-7(16)6-15/h3-4,7H,1-2,5-6,15H2. The maximum atomic E-state index is 13.6. The van der Waals surface area contributed by atoms with Crippen LogP contribution in [-0.4, -0.2) is 31.9 Å². The number of halogens is 3. The Labute approximate surface area is 121 Å². The minimum atomic E-state index is -3.85. The first-order valence-electron chi connectivity index (χ1n) is 5.75. The van der Waals surface area contributed by atoms with E-state index in [2.05, 4.69) is 0 Å². The highest BCUT2D eigenvalue weighted by Gasteiger charge is 2.36. The van der Waals surface area contributed by atoms with Gasteiger partial charge < -0.3 is 5.73 Å². The molecule has 8 heteroatoms. The van der Waals surface area contributed by atoms with Crippen LogP contribution >= 0.6 is 23.2 Å². The third-order valence-electron chi connectivity index (χ3n) is 3.18. The summed E-state index contributed by atoms with van der Waals surface area (Å²) >= 11 is 11.3. The molecule has 0 aliphatic carbocycles. The summed E-state index contributed by atoms with van der Waals surface area (Å²) in [6, 6.07) is 2.14. The highest BCUT2D eigenvalue weighted by Crippen LogP contribution is 2.33. The van der Waals surface area contributed by atoms with Crippen LogP contribution in [0, 0.1) is 5.82 Å². The first-order chi connectivity index (χ1) is 8.89. The summed E-state index contributed by atoms with van der Waals surface area (Å²) in [6.07, 6.45) is 1.43. The number of sulfonamides is 1. The number of nitrogens with two attached hydrogens (primary N) is 1. The average Bonchev–Trinajstić information content (AvgIpc) is 2.84. The van der Waals surface area contributed by atoms with Crippen molar-refractivity contribution in [3.8, 4) is 0 Å². The summed E-state index contributed by atoms with van der Waals surface area (Å²) in [5.74, 6) is -0.923. The monoisotopic (exact) mass is 326 g/mol. The van der Waals surface area contributed by atoms with Crippen LogP contribution in [0.2, 0.25) is 10.0 Å². The minimum absolute atomic E-state index is 0.208. The van der Waals surface area contributed by atoms with Crippen LogP contribution in [0.3, 0.4) is 0 Å². The van der Waals surface area contributed by atoms with E-state index in [0.717, 1.165) is 6.42 Å². The smallest absolute Gasteiger partial charge is 0.244 e. The Morgan fingerprint density at radius 2 is 2.11 bits per heavy atom. The minimum Gasteiger partial charge on any atom is -0.329 e. The normalized spacial score (nSPS) is 20.9. The van der Waals surface area contributed by atoms with E-state index in [1.807, 2.05) is 0 Å². The van der Waals surface area contributed by atoms with E-state index in [1.165, 1.54) is 16.4 Å². The zero-order chi connectivity index (χ0) is 14.2. The van der Waals surface area contributed by atoms with Gasteiger partial charge in [-0.25, -0.2) is 12.8 Å². The lowest BCUT2D eigenvalue weighted by atomic mass is 10.2. The Hall–Kier alpha value is -0.400. The van der Waals surface area contributed by atoms with Crippen molar-refractivity contribution in [2.75, 3.05) is 13.1 Å². The van der Waals surface area contributed by atoms with Crippen molar-refractivity contribution in [2.45, 2.75) is 23.8 Å². The second kappa shape index (κ2) is 5.54. The lowest BCUT2D eigenvalue weighted by molar-refractivity contribution is 0.393. The molecule has 1 aromatic rings. The zero-order valence-electron chi connectivity index (χ0n) is 9.94. The summed E-state index contributed by atoms with van der Waals surface area (Å²) in [6.45, 7) is 0.595. The predicted octanol–water partition coefficient (Wildman–Crippen LogP) is 2.24. The van der Waals surface area contributed by atoms with E-state index in [1.54, 1.807) is 0 Å². The van der Waals surface area contributed by atoms with Crippen LogP contribution in [0.25, 0.3) is 0 Å². The molecular formula is C11H13Cl2FN2O2S. The van der Waals surface area contributed by atoms with Crippen molar-refractivity contribution in [3.63, 3.8) is 0 Å². The molecule has 1 atom stereocenters. The van der Waals surface area contributed by atoms with Crippen molar-refractivity contribution in [1.82, 2.24) is 4.31 Å². The molecule has 106 valence electrons. The Kier molecular flexibility index (Phi) is 4.37. The third-order valence-corrected chi connectivity index (χ3v) is 5.95. The summed E-state index contributed by atoms with van der Waals surface area (Å²) < 4.78 is 39.8. The fourth-order valence-corrected chi connectivity index (χ4v) is 4.62. The van der Waals surface area contributed by atoms with Gasteiger partial charge in [0.1, 0.15) is 4.90 Å². The number of nitrogens with zero attached hydrogens (tertiary/aromatic N) is 1. The Balaban J connectivity index is 2.48. The molecule has 1 aliphatic heterocycles. The Bertz CT molecular complexity index is 595. The van der Waals surface area contributed by atoms with Gasteiger partial charge in [0, 0.05) is 19.1 Å². The summed E-state index contributed by atoms with van der Waals surface area (Å²) in [7, 11) is -3.85. The number of rotatable bonds is 3. The topological polar surface area (TPSA) is 63.4 Å². The Morgan fingerprint density at radius 3 is 2.74 bits per heavy atom. The van der Waals surface area contributed by atoms with Gasteiger partial charge in [0.25, 0.3) is 0 Å². The van der Waals surface area contributed by atoms with E-state index in [-0.39, 0.29) is 22.5 Å². The molecule has 2 rings (SSSR count). The van der Waals surface area contributed by atoms with Crippen LogP contribution in [0.5, 0.6) is 0 Å². The van der Waals surface area contributed by atoms with E-state index >= 15 is 0 Å². The van der Waals surface area contributed by atoms with Crippen LogP contribution in [0.4, 0.5) is 4.39 Å². The molecule has 1 heterocycles. The lowest BCUT2D eigenvalue weighted by Crippen LogP contribution is -2.40. The van der Waals surface area contributed by atoms with Crippen molar-refractivity contribution in [2.24, 2.45) is 5.73 Å². The summed E-state index contributed by atoms with van der Waals surface area (Å²) in [4.78, 5) is -0.267. The molecule has 1 aromatic carbocycles. The van der Waals surface area contributed by atoms with Gasteiger partial charge in [0.2, 0.25) is 10.0 Å². The van der Waals surface area contributed by atoms with Crippen LogP contribution < -0.4 is 5.73 Å².